The van der Waals surface area contributed by atoms with Gasteiger partial charge in [0, 0.05) is 13.3 Å². The molecule has 5 aliphatic rings. The lowest BCUT2D eigenvalue weighted by atomic mass is 9.75. The van der Waals surface area contributed by atoms with Crippen LogP contribution in [0.15, 0.2) is 23.8 Å². The molecule has 3 saturated heterocycles. The lowest BCUT2D eigenvalue weighted by Gasteiger charge is -2.39. The predicted octanol–water partition coefficient (Wildman–Crippen LogP) is 3.05. The van der Waals surface area contributed by atoms with Crippen molar-refractivity contribution in [3.05, 3.63) is 23.8 Å². The number of carbonyl (C=O) groups is 2. The largest absolute Gasteiger partial charge is 0.461 e. The molecule has 0 amide bonds. The number of aliphatic hydroxyl groups is 1. The second-order valence-electron chi connectivity index (χ2n) is 10.3. The van der Waals surface area contributed by atoms with Crippen LogP contribution in [0, 0.1) is 17.8 Å². The van der Waals surface area contributed by atoms with Crippen molar-refractivity contribution in [2.75, 3.05) is 6.61 Å². The van der Waals surface area contributed by atoms with Crippen LogP contribution in [-0.2, 0) is 28.5 Å². The molecule has 8 unspecified atom stereocenters. The van der Waals surface area contributed by atoms with Gasteiger partial charge in [0.05, 0.1) is 28.8 Å². The number of hydrogen-bond acceptors (Lipinski definition) is 7. The number of ether oxygens (including phenoxy) is 4. The van der Waals surface area contributed by atoms with Gasteiger partial charge in [-0.2, -0.15) is 0 Å². The van der Waals surface area contributed by atoms with Gasteiger partial charge in [-0.15, -0.1) is 0 Å². The Kier molecular flexibility index (Phi) is 5.39. The Bertz CT molecular complexity index is 834. The van der Waals surface area contributed by atoms with Gasteiger partial charge in [0.1, 0.15) is 12.2 Å². The SMILES string of the molecule is C=C1C(O)OC2CC(C)C3(C)CC4CC(OC(=O)C(=CC)COC(C)=O)(CC4(C)O3)C12. The molecule has 3 aliphatic heterocycles. The highest BCUT2D eigenvalue weighted by molar-refractivity contribution is 5.89. The molecular weight excluding hydrogens is 400 g/mol. The summed E-state index contributed by atoms with van der Waals surface area (Å²) < 4.78 is 23.9. The first-order valence-corrected chi connectivity index (χ1v) is 11.2. The lowest BCUT2D eigenvalue weighted by molar-refractivity contribution is -0.168. The van der Waals surface area contributed by atoms with Gasteiger partial charge >= 0.3 is 11.9 Å². The highest BCUT2D eigenvalue weighted by Crippen LogP contribution is 2.64. The summed E-state index contributed by atoms with van der Waals surface area (Å²) in [6, 6.07) is 0. The van der Waals surface area contributed by atoms with Crippen molar-refractivity contribution in [1.82, 2.24) is 0 Å². The van der Waals surface area contributed by atoms with Crippen LogP contribution in [-0.4, -0.2) is 52.8 Å². The van der Waals surface area contributed by atoms with Crippen LogP contribution in [0.2, 0.25) is 0 Å². The number of aliphatic hydroxyl groups excluding tert-OH is 1. The molecule has 3 heterocycles. The van der Waals surface area contributed by atoms with Gasteiger partial charge in [-0.25, -0.2) is 4.79 Å². The fourth-order valence-corrected chi connectivity index (χ4v) is 6.47. The molecule has 0 radical (unpaired) electrons. The van der Waals surface area contributed by atoms with E-state index in [1.54, 1.807) is 13.0 Å². The maximum atomic E-state index is 13.2. The topological polar surface area (TPSA) is 91.3 Å². The molecule has 2 aliphatic carbocycles. The Labute approximate surface area is 183 Å². The standard InChI is InChI=1S/C24H34O7/c1-7-16(11-28-15(4)25)21(27)30-24-10-17-9-22(5,31-23(17,6)12-24)13(2)8-18-19(24)14(3)20(26)29-18/h7,13,17-20,26H,3,8-12H2,1-2,4-6H3. The van der Waals surface area contributed by atoms with Crippen molar-refractivity contribution < 1.29 is 33.6 Å². The molecule has 4 bridgehead atoms. The summed E-state index contributed by atoms with van der Waals surface area (Å²) in [5, 5.41) is 10.5. The van der Waals surface area contributed by atoms with Gasteiger partial charge in [-0.05, 0) is 57.4 Å². The van der Waals surface area contributed by atoms with E-state index in [0.29, 0.717) is 24.8 Å². The Balaban J connectivity index is 1.71. The van der Waals surface area contributed by atoms with Crippen molar-refractivity contribution >= 4 is 11.9 Å². The molecule has 5 fully saturated rings. The molecule has 31 heavy (non-hydrogen) atoms. The van der Waals surface area contributed by atoms with Gasteiger partial charge in [0.2, 0.25) is 0 Å². The second kappa shape index (κ2) is 7.42. The fraction of sp³-hybridized carbons (Fsp3) is 0.750. The number of fused-ring (bicyclic) bond motifs is 1. The van der Waals surface area contributed by atoms with E-state index in [-0.39, 0.29) is 41.6 Å². The van der Waals surface area contributed by atoms with E-state index in [1.165, 1.54) is 6.92 Å². The van der Waals surface area contributed by atoms with E-state index in [2.05, 4.69) is 27.4 Å². The first kappa shape index (κ1) is 22.5. The van der Waals surface area contributed by atoms with Gasteiger partial charge in [-0.3, -0.25) is 4.79 Å². The molecule has 1 N–H and O–H groups in total. The zero-order valence-electron chi connectivity index (χ0n) is 19.1. The van der Waals surface area contributed by atoms with E-state index in [1.807, 2.05) is 0 Å². The Hall–Kier alpha value is -1.70. The number of rotatable bonds is 4. The number of hydrogen-bond donors (Lipinski definition) is 1. The van der Waals surface area contributed by atoms with Crippen molar-refractivity contribution in [2.45, 2.75) is 89.5 Å². The van der Waals surface area contributed by atoms with Crippen LogP contribution in [0.25, 0.3) is 0 Å². The lowest BCUT2D eigenvalue weighted by Crippen LogP contribution is -2.46. The Morgan fingerprint density at radius 3 is 2.61 bits per heavy atom. The molecule has 8 atom stereocenters. The highest BCUT2D eigenvalue weighted by Gasteiger charge is 2.69. The molecule has 0 aromatic heterocycles. The smallest absolute Gasteiger partial charge is 0.337 e. The maximum absolute atomic E-state index is 13.2. The fourth-order valence-electron chi connectivity index (χ4n) is 6.47. The molecule has 0 spiro atoms. The average Bonchev–Trinajstić information content (AvgIpc) is 3.18. The summed E-state index contributed by atoms with van der Waals surface area (Å²) in [5.41, 5.74) is -0.774. The third-order valence-corrected chi connectivity index (χ3v) is 8.15. The minimum Gasteiger partial charge on any atom is -0.461 e. The van der Waals surface area contributed by atoms with Crippen molar-refractivity contribution in [1.29, 1.82) is 0 Å². The molecule has 7 heteroatoms. The van der Waals surface area contributed by atoms with Crippen LogP contribution >= 0.6 is 0 Å². The first-order valence-electron chi connectivity index (χ1n) is 11.2. The summed E-state index contributed by atoms with van der Waals surface area (Å²) in [4.78, 5) is 24.4. The summed E-state index contributed by atoms with van der Waals surface area (Å²) in [6.45, 7) is 13.4. The third-order valence-electron chi connectivity index (χ3n) is 8.15. The van der Waals surface area contributed by atoms with E-state index < -0.39 is 29.4 Å². The highest BCUT2D eigenvalue weighted by atomic mass is 16.6. The van der Waals surface area contributed by atoms with Crippen molar-refractivity contribution in [2.24, 2.45) is 17.8 Å². The summed E-state index contributed by atoms with van der Waals surface area (Å²) in [5.74, 6) is -0.871. The zero-order chi connectivity index (χ0) is 22.8. The molecule has 5 rings (SSSR count). The summed E-state index contributed by atoms with van der Waals surface area (Å²) >= 11 is 0. The second-order valence-corrected chi connectivity index (χ2v) is 10.3. The molecule has 2 saturated carbocycles. The van der Waals surface area contributed by atoms with Crippen LogP contribution < -0.4 is 0 Å². The molecule has 0 aromatic carbocycles. The Morgan fingerprint density at radius 1 is 1.29 bits per heavy atom. The molecule has 7 nitrogen and oxygen atoms in total. The number of allylic oxidation sites excluding steroid dienone is 1. The average molecular weight is 435 g/mol. The normalized spacial score (nSPS) is 46.3. The third kappa shape index (κ3) is 3.55. The van der Waals surface area contributed by atoms with Gasteiger partial charge < -0.3 is 24.1 Å². The minimum atomic E-state index is -1.07. The minimum absolute atomic E-state index is 0.138. The van der Waals surface area contributed by atoms with Crippen LogP contribution in [0.1, 0.15) is 60.3 Å². The van der Waals surface area contributed by atoms with Crippen LogP contribution in [0.5, 0.6) is 0 Å². The summed E-state index contributed by atoms with van der Waals surface area (Å²) in [7, 11) is 0. The van der Waals surface area contributed by atoms with E-state index >= 15 is 0 Å². The number of esters is 2. The van der Waals surface area contributed by atoms with Gasteiger partial charge in [0.25, 0.3) is 0 Å². The van der Waals surface area contributed by atoms with Gasteiger partial charge in [-0.1, -0.05) is 19.6 Å². The zero-order valence-corrected chi connectivity index (χ0v) is 19.1. The molecule has 0 aromatic rings. The monoisotopic (exact) mass is 434 g/mol. The molecular formula is C24H34O7. The van der Waals surface area contributed by atoms with E-state index in [9.17, 15) is 14.7 Å². The summed E-state index contributed by atoms with van der Waals surface area (Å²) in [6.07, 6.45) is 2.94. The molecule has 172 valence electrons. The van der Waals surface area contributed by atoms with Crippen molar-refractivity contribution in [3.63, 3.8) is 0 Å². The van der Waals surface area contributed by atoms with Crippen LogP contribution in [0.4, 0.5) is 0 Å². The Morgan fingerprint density at radius 2 is 2.00 bits per heavy atom. The van der Waals surface area contributed by atoms with Crippen molar-refractivity contribution in [3.8, 4) is 0 Å². The first-order chi connectivity index (χ1) is 14.4. The maximum Gasteiger partial charge on any atom is 0.337 e. The van der Waals surface area contributed by atoms with Gasteiger partial charge in [0.15, 0.2) is 6.29 Å². The predicted molar refractivity (Wildman–Crippen MR) is 112 cm³/mol. The van der Waals surface area contributed by atoms with E-state index in [0.717, 1.165) is 6.42 Å². The number of carbonyl (C=O) groups excluding carboxylic acids is 2. The van der Waals surface area contributed by atoms with E-state index in [4.69, 9.17) is 18.9 Å². The quantitative estimate of drug-likeness (QED) is 0.413. The van der Waals surface area contributed by atoms with Crippen LogP contribution in [0.3, 0.4) is 0 Å².